The SMILES string of the molecule is CC(O)C(NC(=O)C1=CC2OC(c3ccccc3)(c3ccccc3)OC2C(OC(=O)c2ccc(C=CC3CCC4OC4C3)cc2)C1)C(=O)NCCO. The van der Waals surface area contributed by atoms with E-state index in [1.54, 1.807) is 18.2 Å². The first-order chi connectivity index (χ1) is 25.2. The molecular weight excluding hydrogens is 664 g/mol. The number of hydrogen-bond acceptors (Lipinski definition) is 9. The molecule has 2 aliphatic carbocycles. The lowest BCUT2D eigenvalue weighted by Crippen LogP contribution is -2.54. The van der Waals surface area contributed by atoms with Crippen molar-refractivity contribution in [3.63, 3.8) is 0 Å². The number of amides is 2. The Morgan fingerprint density at radius 3 is 2.27 bits per heavy atom. The van der Waals surface area contributed by atoms with Crippen LogP contribution < -0.4 is 10.6 Å². The van der Waals surface area contributed by atoms with Gasteiger partial charge >= 0.3 is 5.97 Å². The molecule has 8 atom stereocenters. The highest BCUT2D eigenvalue weighted by Gasteiger charge is 2.55. The number of epoxide rings is 1. The molecule has 2 aliphatic heterocycles. The van der Waals surface area contributed by atoms with Crippen LogP contribution in [0.15, 0.2) is 103 Å². The minimum Gasteiger partial charge on any atom is -0.456 e. The molecule has 2 amide bonds. The van der Waals surface area contributed by atoms with Crippen LogP contribution >= 0.6 is 0 Å². The van der Waals surface area contributed by atoms with E-state index in [1.165, 1.54) is 6.92 Å². The number of aliphatic hydroxyl groups is 2. The van der Waals surface area contributed by atoms with Gasteiger partial charge in [0.15, 0.2) is 0 Å². The molecule has 4 aliphatic rings. The quantitative estimate of drug-likeness (QED) is 0.163. The number of allylic oxidation sites excluding steroid dienone is 1. The van der Waals surface area contributed by atoms with Crippen LogP contribution in [-0.2, 0) is 34.3 Å². The topological polar surface area (TPSA) is 156 Å². The zero-order valence-corrected chi connectivity index (χ0v) is 28.9. The van der Waals surface area contributed by atoms with Gasteiger partial charge in [-0.15, -0.1) is 0 Å². The van der Waals surface area contributed by atoms with Crippen molar-refractivity contribution in [3.05, 3.63) is 125 Å². The second-order valence-electron chi connectivity index (χ2n) is 13.8. The number of nitrogens with one attached hydrogen (secondary N) is 2. The molecule has 3 aromatic carbocycles. The van der Waals surface area contributed by atoms with Crippen LogP contribution in [0, 0.1) is 5.92 Å². The molecule has 52 heavy (non-hydrogen) atoms. The van der Waals surface area contributed by atoms with Crippen molar-refractivity contribution < 1.29 is 43.5 Å². The van der Waals surface area contributed by atoms with Crippen molar-refractivity contribution in [3.8, 4) is 0 Å². The van der Waals surface area contributed by atoms with E-state index in [4.69, 9.17) is 24.1 Å². The van der Waals surface area contributed by atoms with Gasteiger partial charge in [0.1, 0.15) is 24.4 Å². The van der Waals surface area contributed by atoms with E-state index in [2.05, 4.69) is 22.8 Å². The van der Waals surface area contributed by atoms with Gasteiger partial charge in [0.05, 0.1) is 30.5 Å². The maximum Gasteiger partial charge on any atom is 0.338 e. The molecule has 7 rings (SSSR count). The molecule has 4 N–H and O–H groups in total. The number of rotatable bonds is 12. The molecule has 0 radical (unpaired) electrons. The summed E-state index contributed by atoms with van der Waals surface area (Å²) >= 11 is 0. The van der Waals surface area contributed by atoms with Gasteiger partial charge in [0, 0.05) is 29.7 Å². The highest BCUT2D eigenvalue weighted by molar-refractivity contribution is 5.97. The molecule has 1 saturated carbocycles. The number of carbonyl (C=O) groups is 3. The highest BCUT2D eigenvalue weighted by Crippen LogP contribution is 2.47. The molecule has 3 aromatic rings. The van der Waals surface area contributed by atoms with Gasteiger partial charge in [0.25, 0.3) is 0 Å². The van der Waals surface area contributed by atoms with Crippen LogP contribution in [0.3, 0.4) is 0 Å². The van der Waals surface area contributed by atoms with E-state index in [0.29, 0.717) is 23.7 Å². The molecule has 11 heteroatoms. The fourth-order valence-electron chi connectivity index (χ4n) is 7.31. The van der Waals surface area contributed by atoms with Crippen molar-refractivity contribution in [2.24, 2.45) is 5.92 Å². The second-order valence-corrected chi connectivity index (χ2v) is 13.8. The lowest BCUT2D eigenvalue weighted by Gasteiger charge is -2.31. The Morgan fingerprint density at radius 2 is 1.63 bits per heavy atom. The molecule has 0 spiro atoms. The fraction of sp³-hybridized carbons (Fsp3) is 0.390. The standard InChI is InChI=1S/C41H44N2O9/c1-25(45)36(39(47)42-20-21-44)43-38(46)29-23-34(50-40(48)28-17-14-26(15-18-28)12-13-27-16-19-32-33(22-27)49-32)37-35(24-29)51-41(52-37,30-8-4-2-5-9-30)31-10-6-3-7-11-31/h2-15,17-18,24-25,27,32-37,44-45H,16,19-23H2,1H3,(H,42,47)(H,43,46). The van der Waals surface area contributed by atoms with Crippen LogP contribution in [0.2, 0.25) is 0 Å². The first-order valence-corrected chi connectivity index (χ1v) is 17.9. The molecule has 2 heterocycles. The third-order valence-electron chi connectivity index (χ3n) is 10.2. The third kappa shape index (κ3) is 7.74. The summed E-state index contributed by atoms with van der Waals surface area (Å²) in [6.07, 6.45) is 6.17. The van der Waals surface area contributed by atoms with Gasteiger partial charge in [-0.2, -0.15) is 0 Å². The average Bonchev–Trinajstić information content (AvgIpc) is 3.84. The number of esters is 1. The van der Waals surface area contributed by atoms with E-state index >= 15 is 0 Å². The van der Waals surface area contributed by atoms with Crippen molar-refractivity contribution in [1.29, 1.82) is 0 Å². The second kappa shape index (κ2) is 15.5. The Bertz CT molecular complexity index is 1750. The smallest absolute Gasteiger partial charge is 0.338 e. The summed E-state index contributed by atoms with van der Waals surface area (Å²) in [6.45, 7) is 1.05. The first kappa shape index (κ1) is 35.7. The number of ether oxygens (including phenoxy) is 4. The summed E-state index contributed by atoms with van der Waals surface area (Å²) in [6, 6.07) is 24.7. The van der Waals surface area contributed by atoms with Gasteiger partial charge in [-0.1, -0.05) is 84.9 Å². The highest BCUT2D eigenvalue weighted by atomic mass is 16.8. The zero-order valence-electron chi connectivity index (χ0n) is 28.9. The van der Waals surface area contributed by atoms with Crippen LogP contribution in [0.1, 0.15) is 59.7 Å². The number of aliphatic hydroxyl groups excluding tert-OH is 2. The summed E-state index contributed by atoms with van der Waals surface area (Å²) in [4.78, 5) is 40.2. The molecule has 11 nitrogen and oxygen atoms in total. The molecule has 8 unspecified atom stereocenters. The van der Waals surface area contributed by atoms with Gasteiger partial charge in [0.2, 0.25) is 17.6 Å². The van der Waals surface area contributed by atoms with E-state index in [-0.39, 0.29) is 25.1 Å². The third-order valence-corrected chi connectivity index (χ3v) is 10.2. The fourth-order valence-corrected chi connectivity index (χ4v) is 7.31. The van der Waals surface area contributed by atoms with E-state index in [0.717, 1.165) is 36.0 Å². The number of fused-ring (bicyclic) bond motifs is 2. The summed E-state index contributed by atoms with van der Waals surface area (Å²) in [5.74, 6) is -2.77. The number of carbonyl (C=O) groups excluding carboxylic acids is 3. The Kier molecular flexibility index (Phi) is 10.7. The Hall–Kier alpha value is -4.65. The molecule has 0 bridgehead atoms. The van der Waals surface area contributed by atoms with Crippen molar-refractivity contribution in [2.45, 2.75) is 81.1 Å². The molecular formula is C41H44N2O9. The van der Waals surface area contributed by atoms with E-state index in [1.807, 2.05) is 72.8 Å². The average molecular weight is 709 g/mol. The predicted molar refractivity (Wildman–Crippen MR) is 190 cm³/mol. The summed E-state index contributed by atoms with van der Waals surface area (Å²) in [5.41, 5.74) is 2.94. The van der Waals surface area contributed by atoms with E-state index in [9.17, 15) is 19.5 Å². The maximum atomic E-state index is 13.7. The van der Waals surface area contributed by atoms with Crippen molar-refractivity contribution >= 4 is 23.9 Å². The van der Waals surface area contributed by atoms with Crippen LogP contribution in [0.4, 0.5) is 0 Å². The van der Waals surface area contributed by atoms with E-state index < -0.39 is 54.0 Å². The van der Waals surface area contributed by atoms with Crippen molar-refractivity contribution in [1.82, 2.24) is 10.6 Å². The van der Waals surface area contributed by atoms with Gasteiger partial charge in [-0.05, 0) is 55.9 Å². The Morgan fingerprint density at radius 1 is 0.942 bits per heavy atom. The minimum atomic E-state index is -1.38. The zero-order chi connectivity index (χ0) is 36.2. The first-order valence-electron chi connectivity index (χ1n) is 17.9. The molecule has 272 valence electrons. The number of hydrogen-bond donors (Lipinski definition) is 4. The molecule has 3 fully saturated rings. The summed E-state index contributed by atoms with van der Waals surface area (Å²) in [7, 11) is 0. The lowest BCUT2D eigenvalue weighted by atomic mass is 9.89. The summed E-state index contributed by atoms with van der Waals surface area (Å²) < 4.78 is 25.3. The van der Waals surface area contributed by atoms with Gasteiger partial charge < -0.3 is 39.8 Å². The van der Waals surface area contributed by atoms with Crippen LogP contribution in [0.5, 0.6) is 0 Å². The molecule has 0 aromatic heterocycles. The normalized spacial score (nSPS) is 27.0. The predicted octanol–water partition coefficient (Wildman–Crippen LogP) is 3.78. The van der Waals surface area contributed by atoms with Crippen LogP contribution in [-0.4, -0.2) is 83.8 Å². The lowest BCUT2D eigenvalue weighted by molar-refractivity contribution is -0.157. The van der Waals surface area contributed by atoms with Gasteiger partial charge in [-0.3, -0.25) is 9.59 Å². The van der Waals surface area contributed by atoms with Gasteiger partial charge in [-0.25, -0.2) is 4.79 Å². The largest absolute Gasteiger partial charge is 0.456 e. The summed E-state index contributed by atoms with van der Waals surface area (Å²) in [5, 5.41) is 24.6. The molecule has 2 saturated heterocycles. The Labute approximate surface area is 302 Å². The monoisotopic (exact) mass is 708 g/mol. The minimum absolute atomic E-state index is 0.0390. The number of benzene rings is 3. The Balaban J connectivity index is 1.14. The van der Waals surface area contributed by atoms with Crippen LogP contribution in [0.25, 0.3) is 6.08 Å². The maximum absolute atomic E-state index is 13.7. The van der Waals surface area contributed by atoms with Crippen molar-refractivity contribution in [2.75, 3.05) is 13.2 Å².